The van der Waals surface area contributed by atoms with Gasteiger partial charge in [0.25, 0.3) is 0 Å². The summed E-state index contributed by atoms with van der Waals surface area (Å²) in [6, 6.07) is 10.4. The molecule has 0 saturated carbocycles. The number of benzene rings is 2. The maximum absolute atomic E-state index is 13.0. The maximum Gasteiger partial charge on any atom is 0.343 e. The summed E-state index contributed by atoms with van der Waals surface area (Å²) in [5.74, 6) is -1.30. The summed E-state index contributed by atoms with van der Waals surface area (Å²) in [5, 5.41) is 5.45. The molecule has 7 nitrogen and oxygen atoms in total. The van der Waals surface area contributed by atoms with Crippen LogP contribution in [0.1, 0.15) is 48.7 Å². The van der Waals surface area contributed by atoms with Crippen LogP contribution in [0.4, 0.5) is 9.18 Å². The maximum atomic E-state index is 13.0. The van der Waals surface area contributed by atoms with Gasteiger partial charge in [-0.1, -0.05) is 25.5 Å². The number of carbonyl (C=O) groups is 3. The molecule has 0 spiro atoms. The average molecular weight is 426 g/mol. The number of carbonyl (C=O) groups excluding carboxylic acids is 3. The van der Waals surface area contributed by atoms with E-state index in [2.05, 4.69) is 10.6 Å². The largest absolute Gasteiger partial charge is 0.463 e. The number of esters is 2. The molecule has 0 aromatic heterocycles. The molecular formula is C23H23FN2O5. The Morgan fingerprint density at radius 2 is 1.68 bits per heavy atom. The first kappa shape index (κ1) is 22.0. The van der Waals surface area contributed by atoms with E-state index in [-0.39, 0.29) is 17.9 Å². The van der Waals surface area contributed by atoms with Crippen molar-refractivity contribution in [2.45, 2.75) is 32.7 Å². The number of ether oxygens (including phenoxy) is 2. The van der Waals surface area contributed by atoms with Crippen LogP contribution in [0.25, 0.3) is 0 Å². The molecule has 2 amide bonds. The number of hydrogen-bond donors (Lipinski definition) is 2. The molecule has 0 saturated heterocycles. The van der Waals surface area contributed by atoms with Gasteiger partial charge in [0.1, 0.15) is 11.6 Å². The minimum absolute atomic E-state index is 0.209. The summed E-state index contributed by atoms with van der Waals surface area (Å²) in [5.41, 5.74) is 1.72. The topological polar surface area (TPSA) is 93.7 Å². The van der Waals surface area contributed by atoms with Crippen LogP contribution in [0, 0.1) is 5.82 Å². The van der Waals surface area contributed by atoms with Crippen LogP contribution in [0.15, 0.2) is 59.8 Å². The van der Waals surface area contributed by atoms with Crippen molar-refractivity contribution in [3.8, 4) is 5.75 Å². The van der Waals surface area contributed by atoms with Gasteiger partial charge in [0, 0.05) is 5.70 Å². The van der Waals surface area contributed by atoms with Crippen LogP contribution in [0.5, 0.6) is 5.75 Å². The van der Waals surface area contributed by atoms with Crippen LogP contribution in [0.2, 0.25) is 0 Å². The fourth-order valence-corrected chi connectivity index (χ4v) is 3.25. The summed E-state index contributed by atoms with van der Waals surface area (Å²) in [7, 11) is 0. The van der Waals surface area contributed by atoms with Crippen LogP contribution in [-0.4, -0.2) is 24.6 Å². The third-order valence-corrected chi connectivity index (χ3v) is 4.65. The highest BCUT2D eigenvalue weighted by Crippen LogP contribution is 2.30. The summed E-state index contributed by atoms with van der Waals surface area (Å²) < 4.78 is 23.5. The number of halogens is 1. The van der Waals surface area contributed by atoms with Crippen molar-refractivity contribution in [2.75, 3.05) is 6.61 Å². The van der Waals surface area contributed by atoms with Crippen molar-refractivity contribution >= 4 is 18.0 Å². The van der Waals surface area contributed by atoms with E-state index in [0.717, 1.165) is 6.42 Å². The minimum Gasteiger partial charge on any atom is -0.463 e. The van der Waals surface area contributed by atoms with Crippen molar-refractivity contribution in [3.05, 3.63) is 76.7 Å². The Hall–Kier alpha value is -3.68. The zero-order chi connectivity index (χ0) is 22.4. The predicted molar refractivity (Wildman–Crippen MR) is 111 cm³/mol. The van der Waals surface area contributed by atoms with Crippen molar-refractivity contribution in [1.82, 2.24) is 10.6 Å². The monoisotopic (exact) mass is 426 g/mol. The van der Waals surface area contributed by atoms with Gasteiger partial charge in [0.2, 0.25) is 0 Å². The van der Waals surface area contributed by atoms with Gasteiger partial charge in [-0.3, -0.25) is 0 Å². The highest BCUT2D eigenvalue weighted by molar-refractivity contribution is 5.95. The number of hydrogen-bond acceptors (Lipinski definition) is 5. The Labute approximate surface area is 179 Å². The van der Waals surface area contributed by atoms with Crippen molar-refractivity contribution < 1.29 is 28.2 Å². The zero-order valence-electron chi connectivity index (χ0n) is 17.2. The Balaban J connectivity index is 1.84. The van der Waals surface area contributed by atoms with E-state index in [0.29, 0.717) is 23.3 Å². The standard InChI is InChI=1S/C23H23FN2O5/c1-3-5-18-19(22(28)30-4-2)20(26-23(29)25-18)14-8-12-17(13-9-14)31-21(27)15-6-10-16(24)11-7-15/h6-13,20H,3-5H2,1-2H3,(H2,25,26,29). The number of amides is 2. The van der Waals surface area contributed by atoms with Gasteiger partial charge in [0.05, 0.1) is 23.8 Å². The Morgan fingerprint density at radius 1 is 1.00 bits per heavy atom. The Morgan fingerprint density at radius 3 is 2.29 bits per heavy atom. The molecule has 0 fully saturated rings. The third kappa shape index (κ3) is 5.28. The Kier molecular flexibility index (Phi) is 7.02. The fourth-order valence-electron chi connectivity index (χ4n) is 3.25. The van der Waals surface area contributed by atoms with E-state index < -0.39 is 29.8 Å². The second-order valence-corrected chi connectivity index (χ2v) is 6.86. The van der Waals surface area contributed by atoms with E-state index in [1.807, 2.05) is 6.92 Å². The molecule has 2 aromatic carbocycles. The molecule has 1 unspecified atom stereocenters. The number of allylic oxidation sites excluding steroid dienone is 1. The lowest BCUT2D eigenvalue weighted by atomic mass is 9.94. The van der Waals surface area contributed by atoms with Gasteiger partial charge in [-0.25, -0.2) is 18.8 Å². The second-order valence-electron chi connectivity index (χ2n) is 6.86. The molecule has 1 atom stereocenters. The van der Waals surface area contributed by atoms with Crippen LogP contribution < -0.4 is 15.4 Å². The molecule has 2 aromatic rings. The van der Waals surface area contributed by atoms with Gasteiger partial charge in [-0.2, -0.15) is 0 Å². The SMILES string of the molecule is CCCC1=C(C(=O)OCC)C(c2ccc(OC(=O)c3ccc(F)cc3)cc2)NC(=O)N1. The molecule has 0 aliphatic carbocycles. The van der Waals surface area contributed by atoms with Crippen LogP contribution in [0.3, 0.4) is 0 Å². The van der Waals surface area contributed by atoms with E-state index in [1.54, 1.807) is 31.2 Å². The summed E-state index contributed by atoms with van der Waals surface area (Å²) in [6.07, 6.45) is 1.26. The molecule has 31 heavy (non-hydrogen) atoms. The zero-order valence-corrected chi connectivity index (χ0v) is 17.2. The van der Waals surface area contributed by atoms with Gasteiger partial charge < -0.3 is 20.1 Å². The fraction of sp³-hybridized carbons (Fsp3) is 0.261. The van der Waals surface area contributed by atoms with Crippen molar-refractivity contribution in [1.29, 1.82) is 0 Å². The normalized spacial score (nSPS) is 15.7. The number of nitrogens with one attached hydrogen (secondary N) is 2. The minimum atomic E-state index is -0.698. The lowest BCUT2D eigenvalue weighted by Gasteiger charge is -2.29. The first-order chi connectivity index (χ1) is 14.9. The van der Waals surface area contributed by atoms with E-state index >= 15 is 0 Å². The average Bonchev–Trinajstić information content (AvgIpc) is 2.74. The highest BCUT2D eigenvalue weighted by atomic mass is 19.1. The smallest absolute Gasteiger partial charge is 0.343 e. The first-order valence-electron chi connectivity index (χ1n) is 9.98. The molecule has 0 bridgehead atoms. The van der Waals surface area contributed by atoms with E-state index in [9.17, 15) is 18.8 Å². The first-order valence-corrected chi connectivity index (χ1v) is 9.98. The summed E-state index contributed by atoms with van der Waals surface area (Å²) >= 11 is 0. The summed E-state index contributed by atoms with van der Waals surface area (Å²) in [4.78, 5) is 37.0. The van der Waals surface area contributed by atoms with E-state index in [1.165, 1.54) is 24.3 Å². The molecular weight excluding hydrogens is 403 g/mol. The molecule has 8 heteroatoms. The highest BCUT2D eigenvalue weighted by Gasteiger charge is 2.33. The third-order valence-electron chi connectivity index (χ3n) is 4.65. The quantitative estimate of drug-likeness (QED) is 0.515. The molecule has 0 radical (unpaired) electrons. The molecule has 1 aliphatic rings. The molecule has 3 rings (SSSR count). The molecule has 1 heterocycles. The number of rotatable bonds is 7. The molecule has 162 valence electrons. The van der Waals surface area contributed by atoms with Gasteiger partial charge >= 0.3 is 18.0 Å². The lowest BCUT2D eigenvalue weighted by Crippen LogP contribution is -2.46. The van der Waals surface area contributed by atoms with E-state index in [4.69, 9.17) is 9.47 Å². The summed E-state index contributed by atoms with van der Waals surface area (Å²) in [6.45, 7) is 3.87. The van der Waals surface area contributed by atoms with Gasteiger partial charge in [0.15, 0.2) is 0 Å². The molecule has 1 aliphatic heterocycles. The lowest BCUT2D eigenvalue weighted by molar-refractivity contribution is -0.139. The Bertz CT molecular complexity index is 1000. The van der Waals surface area contributed by atoms with Crippen molar-refractivity contribution in [2.24, 2.45) is 0 Å². The van der Waals surface area contributed by atoms with Crippen molar-refractivity contribution in [3.63, 3.8) is 0 Å². The van der Waals surface area contributed by atoms with Gasteiger partial charge in [-0.05, 0) is 55.3 Å². The molecule has 2 N–H and O–H groups in total. The van der Waals surface area contributed by atoms with Crippen LogP contribution in [-0.2, 0) is 9.53 Å². The van der Waals surface area contributed by atoms with Crippen LogP contribution >= 0.6 is 0 Å². The second kappa shape index (κ2) is 9.88. The predicted octanol–water partition coefficient (Wildman–Crippen LogP) is 4.02. The number of urea groups is 1. The van der Waals surface area contributed by atoms with Gasteiger partial charge in [-0.15, -0.1) is 0 Å².